The molecule has 0 bridgehead atoms. The van der Waals surface area contributed by atoms with E-state index in [-0.39, 0.29) is 0 Å². The molecule has 1 heterocycles. The van der Waals surface area contributed by atoms with Gasteiger partial charge in [0.1, 0.15) is 0 Å². The molecular formula is C52H35NS. The van der Waals surface area contributed by atoms with E-state index in [4.69, 9.17) is 0 Å². The predicted molar refractivity (Wildman–Crippen MR) is 233 cm³/mol. The Balaban J connectivity index is 1.29. The number of anilines is 3. The first kappa shape index (κ1) is 32.0. The minimum absolute atomic E-state index is 1.11. The molecule has 0 spiro atoms. The molecule has 2 heteroatoms. The van der Waals surface area contributed by atoms with Gasteiger partial charge in [0.2, 0.25) is 0 Å². The number of fused-ring (bicyclic) bond motifs is 4. The molecular weight excluding hydrogens is 671 g/mol. The Hall–Kier alpha value is -6.74. The molecule has 10 rings (SSSR count). The van der Waals surface area contributed by atoms with Crippen molar-refractivity contribution >= 4 is 59.3 Å². The minimum atomic E-state index is 1.11. The second kappa shape index (κ2) is 13.7. The Morgan fingerprint density at radius 2 is 0.907 bits per heavy atom. The largest absolute Gasteiger partial charge is 0.308 e. The summed E-state index contributed by atoms with van der Waals surface area (Å²) >= 11 is 1.87. The van der Waals surface area contributed by atoms with E-state index < -0.39 is 0 Å². The van der Waals surface area contributed by atoms with Crippen LogP contribution in [0, 0.1) is 0 Å². The minimum Gasteiger partial charge on any atom is -0.308 e. The average molecular weight is 706 g/mol. The van der Waals surface area contributed by atoms with E-state index in [1.54, 1.807) is 0 Å². The van der Waals surface area contributed by atoms with Crippen LogP contribution in [0.5, 0.6) is 0 Å². The maximum atomic E-state index is 2.51. The summed E-state index contributed by atoms with van der Waals surface area (Å²) in [5.41, 5.74) is 12.9. The van der Waals surface area contributed by atoms with Crippen LogP contribution in [0.25, 0.3) is 75.5 Å². The van der Waals surface area contributed by atoms with Crippen molar-refractivity contribution in [1.82, 2.24) is 0 Å². The number of rotatable bonds is 7. The maximum absolute atomic E-state index is 2.51. The summed E-state index contributed by atoms with van der Waals surface area (Å²) in [5.74, 6) is 0. The fourth-order valence-corrected chi connectivity index (χ4v) is 9.15. The van der Waals surface area contributed by atoms with Crippen LogP contribution in [-0.4, -0.2) is 0 Å². The highest BCUT2D eigenvalue weighted by Gasteiger charge is 2.25. The van der Waals surface area contributed by atoms with Crippen LogP contribution >= 0.6 is 11.3 Å². The summed E-state index contributed by atoms with van der Waals surface area (Å²) in [4.78, 5) is 2.51. The van der Waals surface area contributed by atoms with Crippen molar-refractivity contribution in [3.05, 3.63) is 212 Å². The number of hydrogen-bond donors (Lipinski definition) is 0. The predicted octanol–water partition coefficient (Wildman–Crippen LogP) is 15.3. The van der Waals surface area contributed by atoms with Gasteiger partial charge >= 0.3 is 0 Å². The van der Waals surface area contributed by atoms with Gasteiger partial charge in [-0.3, -0.25) is 0 Å². The Bertz CT molecular complexity index is 2940. The summed E-state index contributed by atoms with van der Waals surface area (Å²) in [6.07, 6.45) is 0. The van der Waals surface area contributed by atoms with Gasteiger partial charge in [0, 0.05) is 26.7 Å². The van der Waals surface area contributed by atoms with Gasteiger partial charge in [0.15, 0.2) is 0 Å². The average Bonchev–Trinajstić information content (AvgIpc) is 3.64. The van der Waals surface area contributed by atoms with Gasteiger partial charge in [-0.1, -0.05) is 176 Å². The highest BCUT2D eigenvalue weighted by atomic mass is 32.1. The Morgan fingerprint density at radius 1 is 0.333 bits per heavy atom. The highest BCUT2D eigenvalue weighted by Crippen LogP contribution is 2.51. The van der Waals surface area contributed by atoms with E-state index in [0.717, 1.165) is 17.1 Å². The molecule has 1 nitrogen and oxygen atoms in total. The molecule has 0 atom stereocenters. The van der Waals surface area contributed by atoms with E-state index >= 15 is 0 Å². The van der Waals surface area contributed by atoms with Gasteiger partial charge in [-0.2, -0.15) is 0 Å². The zero-order valence-corrected chi connectivity index (χ0v) is 30.4. The second-order valence-corrected chi connectivity index (χ2v) is 14.7. The third-order valence-electron chi connectivity index (χ3n) is 10.5. The van der Waals surface area contributed by atoms with Gasteiger partial charge in [-0.25, -0.2) is 0 Å². The highest BCUT2D eigenvalue weighted by molar-refractivity contribution is 7.26. The Labute approximate surface area is 319 Å². The molecule has 254 valence electrons. The van der Waals surface area contributed by atoms with Crippen LogP contribution < -0.4 is 4.90 Å². The summed E-state index contributed by atoms with van der Waals surface area (Å²) in [6.45, 7) is 0. The second-order valence-electron chi connectivity index (χ2n) is 13.7. The van der Waals surface area contributed by atoms with Crippen LogP contribution in [0.2, 0.25) is 0 Å². The van der Waals surface area contributed by atoms with Gasteiger partial charge in [-0.05, 0) is 86.1 Å². The number of hydrogen-bond acceptors (Lipinski definition) is 2. The van der Waals surface area contributed by atoms with Crippen molar-refractivity contribution in [3.63, 3.8) is 0 Å². The number of thiophene rings is 1. The summed E-state index contributed by atoms with van der Waals surface area (Å²) in [7, 11) is 0. The molecule has 0 saturated heterocycles. The maximum Gasteiger partial charge on any atom is 0.0640 e. The van der Waals surface area contributed by atoms with Crippen molar-refractivity contribution in [1.29, 1.82) is 0 Å². The van der Waals surface area contributed by atoms with Crippen LogP contribution in [0.15, 0.2) is 212 Å². The molecule has 10 aromatic rings. The lowest BCUT2D eigenvalue weighted by molar-refractivity contribution is 1.30. The lowest BCUT2D eigenvalue weighted by Gasteiger charge is -2.30. The van der Waals surface area contributed by atoms with E-state index in [0.29, 0.717) is 0 Å². The number of nitrogens with zero attached hydrogens (tertiary/aromatic N) is 1. The monoisotopic (exact) mass is 705 g/mol. The van der Waals surface area contributed by atoms with Gasteiger partial charge < -0.3 is 4.90 Å². The fraction of sp³-hybridized carbons (Fsp3) is 0. The van der Waals surface area contributed by atoms with Crippen molar-refractivity contribution in [2.45, 2.75) is 0 Å². The number of benzene rings is 9. The molecule has 9 aromatic carbocycles. The molecule has 54 heavy (non-hydrogen) atoms. The molecule has 0 aliphatic carbocycles. The zero-order chi connectivity index (χ0) is 35.8. The Morgan fingerprint density at radius 3 is 1.74 bits per heavy atom. The van der Waals surface area contributed by atoms with Crippen molar-refractivity contribution < 1.29 is 0 Å². The lowest BCUT2D eigenvalue weighted by atomic mass is 9.87. The fourth-order valence-electron chi connectivity index (χ4n) is 7.95. The topological polar surface area (TPSA) is 3.24 Å². The van der Waals surface area contributed by atoms with E-state index in [9.17, 15) is 0 Å². The van der Waals surface area contributed by atoms with Crippen LogP contribution in [-0.2, 0) is 0 Å². The van der Waals surface area contributed by atoms with Crippen LogP contribution in [0.4, 0.5) is 17.1 Å². The van der Waals surface area contributed by atoms with Gasteiger partial charge in [0.25, 0.3) is 0 Å². The SMILES string of the molecule is c1ccc(-c2ccccc2-c2c(-c3ccccc3)cccc2N(c2cccc(-c3ccc4ccccc4c3)c2)c2cccc3c2sc2ccccc23)cc1. The molecule has 0 radical (unpaired) electrons. The molecule has 0 fully saturated rings. The molecule has 0 amide bonds. The molecule has 1 aromatic heterocycles. The van der Waals surface area contributed by atoms with Gasteiger partial charge in [-0.15, -0.1) is 11.3 Å². The van der Waals surface area contributed by atoms with Crippen molar-refractivity contribution in [3.8, 4) is 44.5 Å². The molecule has 0 saturated carbocycles. The summed E-state index contributed by atoms with van der Waals surface area (Å²) < 4.78 is 2.56. The van der Waals surface area contributed by atoms with Crippen molar-refractivity contribution in [2.24, 2.45) is 0 Å². The van der Waals surface area contributed by atoms with Crippen LogP contribution in [0.3, 0.4) is 0 Å². The first-order valence-electron chi connectivity index (χ1n) is 18.4. The first-order chi connectivity index (χ1) is 26.8. The van der Waals surface area contributed by atoms with Gasteiger partial charge in [0.05, 0.1) is 16.1 Å². The van der Waals surface area contributed by atoms with Crippen molar-refractivity contribution in [2.75, 3.05) is 4.90 Å². The van der Waals surface area contributed by atoms with E-state index in [2.05, 4.69) is 217 Å². The lowest BCUT2D eigenvalue weighted by Crippen LogP contribution is -2.12. The summed E-state index contributed by atoms with van der Waals surface area (Å²) in [5, 5.41) is 5.05. The third kappa shape index (κ3) is 5.65. The molecule has 0 N–H and O–H groups in total. The zero-order valence-electron chi connectivity index (χ0n) is 29.6. The smallest absolute Gasteiger partial charge is 0.0640 e. The molecule has 0 aliphatic heterocycles. The van der Waals surface area contributed by atoms with E-state index in [1.807, 2.05) is 11.3 Å². The third-order valence-corrected chi connectivity index (χ3v) is 11.7. The first-order valence-corrected chi connectivity index (χ1v) is 19.2. The molecule has 0 unspecified atom stereocenters. The molecule has 0 aliphatic rings. The standard InChI is InChI=1S/C52H35NS/c1-3-17-37(18-4-1)43-24-9-10-26-46(43)51-44(38-19-5-2-6-20-38)27-14-29-48(51)53(49-30-15-28-47-45-25-11-12-31-50(45)54-52(47)49)42-23-13-22-40(35-42)41-33-32-36-16-7-8-21-39(36)34-41/h1-35H. The Kier molecular flexibility index (Phi) is 8.09. The normalized spacial score (nSPS) is 11.3. The van der Waals surface area contributed by atoms with E-state index in [1.165, 1.54) is 75.5 Å². The van der Waals surface area contributed by atoms with Crippen LogP contribution in [0.1, 0.15) is 0 Å². The quantitative estimate of drug-likeness (QED) is 0.160. The summed E-state index contributed by atoms with van der Waals surface area (Å²) in [6, 6.07) is 77.3.